The average Bonchev–Trinajstić information content (AvgIpc) is 2.38. The number of aromatic nitrogens is 1. The lowest BCUT2D eigenvalue weighted by Crippen LogP contribution is -2.21. The first-order valence-electron chi connectivity index (χ1n) is 5.34. The van der Waals surface area contributed by atoms with Crippen LogP contribution in [0.2, 0.25) is 0 Å². The van der Waals surface area contributed by atoms with Gasteiger partial charge in [0.2, 0.25) is 0 Å². The monoisotopic (exact) mass is 251 g/mol. The van der Waals surface area contributed by atoms with E-state index in [1.807, 2.05) is 30.3 Å². The van der Waals surface area contributed by atoms with E-state index in [1.54, 1.807) is 0 Å². The summed E-state index contributed by atoms with van der Waals surface area (Å²) in [6, 6.07) is 11.9. The highest BCUT2D eigenvalue weighted by Gasteiger charge is 2.11. The Morgan fingerprint density at radius 3 is 2.50 bits per heavy atom. The van der Waals surface area contributed by atoms with Crippen molar-refractivity contribution in [2.45, 2.75) is 13.2 Å². The second kappa shape index (κ2) is 5.44. The molecule has 2 rings (SSSR count). The van der Waals surface area contributed by atoms with Crippen molar-refractivity contribution in [1.29, 1.82) is 0 Å². The smallest absolute Gasteiger partial charge is 0.321 e. The molecule has 94 valence electrons. The Labute approximate surface area is 102 Å². The topological polar surface area (TPSA) is 31.2 Å². The summed E-state index contributed by atoms with van der Waals surface area (Å²) in [6.07, 6.45) is 1.03. The Morgan fingerprint density at radius 1 is 1.11 bits per heavy atom. The van der Waals surface area contributed by atoms with Gasteiger partial charge in [-0.2, -0.15) is 8.78 Å². The van der Waals surface area contributed by atoms with Crippen molar-refractivity contribution in [3.8, 4) is 5.75 Å². The third-order valence-corrected chi connectivity index (χ3v) is 2.39. The van der Waals surface area contributed by atoms with Crippen molar-refractivity contribution in [2.75, 3.05) is 0 Å². The number of pyridine rings is 1. The number of halogens is 2. The predicted octanol–water partition coefficient (Wildman–Crippen LogP) is 2.82. The van der Waals surface area contributed by atoms with Gasteiger partial charge < -0.3 is 4.74 Å². The number of alkyl halides is 2. The van der Waals surface area contributed by atoms with Gasteiger partial charge in [0, 0.05) is 6.20 Å². The largest absolute Gasteiger partial charge is 0.483 e. The molecule has 0 radical (unpaired) electrons. The van der Waals surface area contributed by atoms with E-state index in [-0.39, 0.29) is 12.4 Å². The van der Waals surface area contributed by atoms with E-state index >= 15 is 0 Å². The lowest BCUT2D eigenvalue weighted by Gasteiger charge is -2.08. The molecule has 1 heterocycles. The van der Waals surface area contributed by atoms with Crippen molar-refractivity contribution >= 4 is 0 Å². The van der Waals surface area contributed by atoms with Gasteiger partial charge in [-0.3, -0.25) is 9.36 Å². The molecule has 0 aliphatic heterocycles. The number of hydrogen-bond acceptors (Lipinski definition) is 2. The van der Waals surface area contributed by atoms with Crippen LogP contribution in [0.25, 0.3) is 0 Å². The van der Waals surface area contributed by atoms with Crippen LogP contribution < -0.4 is 10.3 Å². The lowest BCUT2D eigenvalue weighted by molar-refractivity contribution is 0.0649. The molecule has 0 saturated heterocycles. The van der Waals surface area contributed by atoms with Crippen LogP contribution in [0.3, 0.4) is 0 Å². The maximum atomic E-state index is 12.5. The zero-order chi connectivity index (χ0) is 13.0. The first-order chi connectivity index (χ1) is 8.68. The first kappa shape index (κ1) is 12.3. The molecule has 1 aromatic carbocycles. The predicted molar refractivity (Wildman–Crippen MR) is 62.7 cm³/mol. The standard InChI is InChI=1S/C13H11F2NO2/c14-13(15)16-8-4-7-11(12(16)17)18-9-10-5-2-1-3-6-10/h1-8,13H,9H2. The molecule has 2 aromatic rings. The van der Waals surface area contributed by atoms with E-state index in [4.69, 9.17) is 4.74 Å². The molecular weight excluding hydrogens is 240 g/mol. The highest BCUT2D eigenvalue weighted by molar-refractivity contribution is 5.19. The van der Waals surface area contributed by atoms with Crippen LogP contribution in [0, 0.1) is 0 Å². The van der Waals surface area contributed by atoms with E-state index < -0.39 is 12.1 Å². The van der Waals surface area contributed by atoms with Crippen LogP contribution in [0.5, 0.6) is 5.75 Å². The van der Waals surface area contributed by atoms with E-state index in [2.05, 4.69) is 0 Å². The molecule has 1 aromatic heterocycles. The zero-order valence-corrected chi connectivity index (χ0v) is 9.42. The quantitative estimate of drug-likeness (QED) is 0.836. The molecule has 18 heavy (non-hydrogen) atoms. The van der Waals surface area contributed by atoms with E-state index in [1.165, 1.54) is 12.1 Å². The minimum absolute atomic E-state index is 0.0818. The highest BCUT2D eigenvalue weighted by Crippen LogP contribution is 2.11. The number of hydrogen-bond donors (Lipinski definition) is 0. The molecular formula is C13H11F2NO2. The molecule has 0 spiro atoms. The van der Waals surface area contributed by atoms with Crippen molar-refractivity contribution in [3.63, 3.8) is 0 Å². The Bertz CT molecular complexity index is 567. The lowest BCUT2D eigenvalue weighted by atomic mass is 10.2. The molecule has 0 bridgehead atoms. The molecule has 0 fully saturated rings. The van der Waals surface area contributed by atoms with Gasteiger partial charge >= 0.3 is 6.55 Å². The second-order valence-corrected chi connectivity index (χ2v) is 3.64. The zero-order valence-electron chi connectivity index (χ0n) is 9.42. The third-order valence-electron chi connectivity index (χ3n) is 2.39. The highest BCUT2D eigenvalue weighted by atomic mass is 19.3. The Balaban J connectivity index is 2.15. The summed E-state index contributed by atoms with van der Waals surface area (Å²) in [5, 5.41) is 0. The molecule has 0 amide bonds. The molecule has 3 nitrogen and oxygen atoms in total. The average molecular weight is 251 g/mol. The molecule has 0 aliphatic rings. The molecule has 0 saturated carbocycles. The van der Waals surface area contributed by atoms with E-state index in [9.17, 15) is 13.6 Å². The van der Waals surface area contributed by atoms with E-state index in [0.717, 1.165) is 11.8 Å². The van der Waals surface area contributed by atoms with Gasteiger partial charge in [-0.15, -0.1) is 0 Å². The van der Waals surface area contributed by atoms with Gasteiger partial charge in [0.05, 0.1) is 0 Å². The van der Waals surface area contributed by atoms with Gasteiger partial charge in [0.25, 0.3) is 5.56 Å². The fourth-order valence-corrected chi connectivity index (χ4v) is 1.49. The number of rotatable bonds is 4. The van der Waals surface area contributed by atoms with Gasteiger partial charge in [-0.25, -0.2) is 0 Å². The second-order valence-electron chi connectivity index (χ2n) is 3.64. The van der Waals surface area contributed by atoms with Gasteiger partial charge in [-0.1, -0.05) is 30.3 Å². The molecule has 0 unspecified atom stereocenters. The number of benzene rings is 1. The summed E-state index contributed by atoms with van der Waals surface area (Å²) in [5.41, 5.74) is 0.0350. The summed E-state index contributed by atoms with van der Waals surface area (Å²) in [4.78, 5) is 11.6. The third kappa shape index (κ3) is 2.74. The normalized spacial score (nSPS) is 10.6. The van der Waals surface area contributed by atoms with Crippen LogP contribution >= 0.6 is 0 Å². The van der Waals surface area contributed by atoms with Gasteiger partial charge in [0.15, 0.2) is 5.75 Å². The minimum atomic E-state index is -2.86. The number of ether oxygens (including phenoxy) is 1. The van der Waals surface area contributed by atoms with Crippen LogP contribution in [0.1, 0.15) is 12.1 Å². The summed E-state index contributed by atoms with van der Waals surface area (Å²) in [6.45, 7) is -2.69. The van der Waals surface area contributed by atoms with Crippen molar-refractivity contribution in [3.05, 3.63) is 64.6 Å². The van der Waals surface area contributed by atoms with Crippen molar-refractivity contribution in [2.24, 2.45) is 0 Å². The summed E-state index contributed by atoms with van der Waals surface area (Å²) >= 11 is 0. The molecule has 0 aliphatic carbocycles. The van der Waals surface area contributed by atoms with Crippen molar-refractivity contribution in [1.82, 2.24) is 4.57 Å². The fourth-order valence-electron chi connectivity index (χ4n) is 1.49. The first-order valence-corrected chi connectivity index (χ1v) is 5.34. The SMILES string of the molecule is O=c1c(OCc2ccccc2)cccn1C(F)F. The number of nitrogens with zero attached hydrogens (tertiary/aromatic N) is 1. The van der Waals surface area contributed by atoms with Crippen LogP contribution in [0.15, 0.2) is 53.5 Å². The summed E-state index contributed by atoms with van der Waals surface area (Å²) in [5.74, 6) is -0.0818. The summed E-state index contributed by atoms with van der Waals surface area (Å²) < 4.78 is 30.5. The Morgan fingerprint density at radius 2 is 1.83 bits per heavy atom. The Kier molecular flexibility index (Phi) is 3.72. The van der Waals surface area contributed by atoms with E-state index in [0.29, 0.717) is 4.57 Å². The Hall–Kier alpha value is -2.17. The maximum absolute atomic E-state index is 12.5. The minimum Gasteiger partial charge on any atom is -0.483 e. The van der Waals surface area contributed by atoms with Gasteiger partial charge in [0.1, 0.15) is 6.61 Å². The maximum Gasteiger partial charge on any atom is 0.321 e. The van der Waals surface area contributed by atoms with Crippen LogP contribution in [-0.4, -0.2) is 4.57 Å². The molecule has 0 atom stereocenters. The van der Waals surface area contributed by atoms with Crippen LogP contribution in [-0.2, 0) is 6.61 Å². The summed E-state index contributed by atoms with van der Waals surface area (Å²) in [7, 11) is 0. The van der Waals surface area contributed by atoms with Crippen LogP contribution in [0.4, 0.5) is 8.78 Å². The molecule has 5 heteroatoms. The van der Waals surface area contributed by atoms with Gasteiger partial charge in [-0.05, 0) is 17.7 Å². The molecule has 0 N–H and O–H groups in total. The van der Waals surface area contributed by atoms with Crippen molar-refractivity contribution < 1.29 is 13.5 Å². The fraction of sp³-hybridized carbons (Fsp3) is 0.154.